The van der Waals surface area contributed by atoms with Gasteiger partial charge in [-0.3, -0.25) is 0 Å². The Balaban J connectivity index is 2.09. The van der Waals surface area contributed by atoms with Gasteiger partial charge in [-0.2, -0.15) is 0 Å². The minimum absolute atomic E-state index is 0.208. The third-order valence-electron chi connectivity index (χ3n) is 3.07. The van der Waals surface area contributed by atoms with Gasteiger partial charge in [0.25, 0.3) is 0 Å². The molecule has 1 heterocycles. The Bertz CT molecular complexity index is 613. The van der Waals surface area contributed by atoms with Crippen LogP contribution in [0.1, 0.15) is 25.3 Å². The van der Waals surface area contributed by atoms with E-state index in [4.69, 9.17) is 4.42 Å². The monoisotopic (exact) mass is 287 g/mol. The standard InChI is InChI=1S/C16H21N3O2/c1-10(2)9-17-16(20)19-14-7-5-6-13(8-14)15-18-11(3)12(4)21-15/h5-8,10H,9H2,1-4H3,(H2,17,19,20). The molecule has 0 radical (unpaired) electrons. The molecule has 112 valence electrons. The summed E-state index contributed by atoms with van der Waals surface area (Å²) in [6.45, 7) is 8.53. The van der Waals surface area contributed by atoms with Gasteiger partial charge in [0, 0.05) is 17.8 Å². The maximum atomic E-state index is 11.8. The van der Waals surface area contributed by atoms with E-state index in [9.17, 15) is 4.79 Å². The van der Waals surface area contributed by atoms with Crippen molar-refractivity contribution in [1.29, 1.82) is 0 Å². The number of rotatable bonds is 4. The van der Waals surface area contributed by atoms with Crippen LogP contribution in [0.2, 0.25) is 0 Å². The number of nitrogens with one attached hydrogen (secondary N) is 2. The third kappa shape index (κ3) is 4.08. The number of carbonyl (C=O) groups excluding carboxylic acids is 1. The van der Waals surface area contributed by atoms with Crippen LogP contribution in [0.4, 0.5) is 10.5 Å². The van der Waals surface area contributed by atoms with Gasteiger partial charge in [0.2, 0.25) is 5.89 Å². The molecule has 1 aromatic heterocycles. The highest BCUT2D eigenvalue weighted by atomic mass is 16.4. The van der Waals surface area contributed by atoms with Gasteiger partial charge in [0.15, 0.2) is 0 Å². The number of nitrogens with zero attached hydrogens (tertiary/aromatic N) is 1. The Morgan fingerprint density at radius 2 is 2.10 bits per heavy atom. The minimum atomic E-state index is -0.208. The fourth-order valence-electron chi connectivity index (χ4n) is 1.80. The number of amides is 2. The van der Waals surface area contributed by atoms with Crippen LogP contribution in [0.15, 0.2) is 28.7 Å². The molecule has 0 spiro atoms. The summed E-state index contributed by atoms with van der Waals surface area (Å²) in [7, 11) is 0. The normalized spacial score (nSPS) is 10.7. The summed E-state index contributed by atoms with van der Waals surface area (Å²) in [6.07, 6.45) is 0. The van der Waals surface area contributed by atoms with E-state index >= 15 is 0 Å². The van der Waals surface area contributed by atoms with Crippen LogP contribution in [0.25, 0.3) is 11.5 Å². The highest BCUT2D eigenvalue weighted by Crippen LogP contribution is 2.23. The van der Waals surface area contributed by atoms with Crippen LogP contribution in [0, 0.1) is 19.8 Å². The Morgan fingerprint density at radius 3 is 2.71 bits per heavy atom. The number of aryl methyl sites for hydroxylation is 2. The summed E-state index contributed by atoms with van der Waals surface area (Å²) in [5.41, 5.74) is 2.42. The predicted molar refractivity (Wildman–Crippen MR) is 83.3 cm³/mol. The molecule has 0 aliphatic rings. The van der Waals surface area contributed by atoms with Gasteiger partial charge in [0.1, 0.15) is 5.76 Å². The van der Waals surface area contributed by atoms with Gasteiger partial charge in [-0.1, -0.05) is 19.9 Å². The zero-order valence-electron chi connectivity index (χ0n) is 12.9. The van der Waals surface area contributed by atoms with Crippen molar-refractivity contribution in [1.82, 2.24) is 10.3 Å². The van der Waals surface area contributed by atoms with Crippen LogP contribution in [0.3, 0.4) is 0 Å². The second-order valence-electron chi connectivity index (χ2n) is 5.47. The number of carbonyl (C=O) groups is 1. The Kier molecular flexibility index (Phi) is 4.62. The van der Waals surface area contributed by atoms with Gasteiger partial charge in [-0.15, -0.1) is 0 Å². The van der Waals surface area contributed by atoms with Gasteiger partial charge in [-0.05, 0) is 38.0 Å². The zero-order chi connectivity index (χ0) is 15.4. The molecule has 0 bridgehead atoms. The first-order chi connectivity index (χ1) is 9.95. The first kappa shape index (κ1) is 15.1. The van der Waals surface area contributed by atoms with E-state index in [1.807, 2.05) is 52.0 Å². The molecule has 5 heteroatoms. The van der Waals surface area contributed by atoms with Crippen LogP contribution in [-0.4, -0.2) is 17.6 Å². The number of oxazole rings is 1. The molecule has 2 aromatic rings. The largest absolute Gasteiger partial charge is 0.441 e. The highest BCUT2D eigenvalue weighted by Gasteiger charge is 2.09. The van der Waals surface area contributed by atoms with Crippen molar-refractivity contribution in [3.8, 4) is 11.5 Å². The van der Waals surface area contributed by atoms with Gasteiger partial charge in [-0.25, -0.2) is 9.78 Å². The Morgan fingerprint density at radius 1 is 1.33 bits per heavy atom. The number of hydrogen-bond donors (Lipinski definition) is 2. The molecule has 0 atom stereocenters. The second-order valence-corrected chi connectivity index (χ2v) is 5.47. The molecule has 0 fully saturated rings. The molecular weight excluding hydrogens is 266 g/mol. The number of benzene rings is 1. The number of anilines is 1. The van der Waals surface area contributed by atoms with E-state index in [1.54, 1.807) is 0 Å². The lowest BCUT2D eigenvalue weighted by Gasteiger charge is -2.09. The van der Waals surface area contributed by atoms with Crippen molar-refractivity contribution in [2.75, 3.05) is 11.9 Å². The average Bonchev–Trinajstić information content (AvgIpc) is 2.77. The molecular formula is C16H21N3O2. The van der Waals surface area contributed by atoms with Gasteiger partial charge < -0.3 is 15.1 Å². The van der Waals surface area contributed by atoms with Crippen molar-refractivity contribution in [2.24, 2.45) is 5.92 Å². The van der Waals surface area contributed by atoms with Crippen molar-refractivity contribution in [3.05, 3.63) is 35.7 Å². The molecule has 0 unspecified atom stereocenters. The van der Waals surface area contributed by atoms with Crippen LogP contribution in [0.5, 0.6) is 0 Å². The number of hydrogen-bond acceptors (Lipinski definition) is 3. The lowest BCUT2D eigenvalue weighted by molar-refractivity contribution is 0.251. The Labute approximate surface area is 124 Å². The summed E-state index contributed by atoms with van der Waals surface area (Å²) in [5.74, 6) is 1.79. The van der Waals surface area contributed by atoms with E-state index < -0.39 is 0 Å². The summed E-state index contributed by atoms with van der Waals surface area (Å²) in [6, 6.07) is 7.24. The molecule has 0 aliphatic heterocycles. The van der Waals surface area contributed by atoms with Crippen molar-refractivity contribution < 1.29 is 9.21 Å². The molecule has 0 saturated carbocycles. The van der Waals surface area contributed by atoms with E-state index in [-0.39, 0.29) is 6.03 Å². The molecule has 2 amide bonds. The van der Waals surface area contributed by atoms with Crippen LogP contribution in [-0.2, 0) is 0 Å². The van der Waals surface area contributed by atoms with Crippen LogP contribution >= 0.6 is 0 Å². The minimum Gasteiger partial charge on any atom is -0.441 e. The average molecular weight is 287 g/mol. The zero-order valence-corrected chi connectivity index (χ0v) is 12.9. The van der Waals surface area contributed by atoms with Gasteiger partial charge in [0.05, 0.1) is 5.69 Å². The third-order valence-corrected chi connectivity index (χ3v) is 3.07. The molecule has 0 saturated heterocycles. The van der Waals surface area contributed by atoms with Crippen molar-refractivity contribution in [3.63, 3.8) is 0 Å². The van der Waals surface area contributed by atoms with E-state index in [0.29, 0.717) is 24.0 Å². The quantitative estimate of drug-likeness (QED) is 0.900. The fraction of sp³-hybridized carbons (Fsp3) is 0.375. The lowest BCUT2D eigenvalue weighted by atomic mass is 10.2. The SMILES string of the molecule is Cc1nc(-c2cccc(NC(=O)NCC(C)C)c2)oc1C. The van der Waals surface area contributed by atoms with E-state index in [2.05, 4.69) is 15.6 Å². The molecule has 1 aromatic carbocycles. The van der Waals surface area contributed by atoms with E-state index in [1.165, 1.54) is 0 Å². The molecule has 2 N–H and O–H groups in total. The summed E-state index contributed by atoms with van der Waals surface area (Å²) >= 11 is 0. The van der Waals surface area contributed by atoms with Gasteiger partial charge >= 0.3 is 6.03 Å². The Hall–Kier alpha value is -2.30. The molecule has 2 rings (SSSR count). The predicted octanol–water partition coefficient (Wildman–Crippen LogP) is 3.74. The maximum absolute atomic E-state index is 11.8. The van der Waals surface area contributed by atoms with Crippen molar-refractivity contribution in [2.45, 2.75) is 27.7 Å². The second kappa shape index (κ2) is 6.43. The van der Waals surface area contributed by atoms with E-state index in [0.717, 1.165) is 17.0 Å². The molecule has 5 nitrogen and oxygen atoms in total. The first-order valence-electron chi connectivity index (χ1n) is 7.05. The smallest absolute Gasteiger partial charge is 0.319 e. The summed E-state index contributed by atoms with van der Waals surface area (Å²) < 4.78 is 5.60. The van der Waals surface area contributed by atoms with Crippen molar-refractivity contribution >= 4 is 11.7 Å². The maximum Gasteiger partial charge on any atom is 0.319 e. The molecule has 0 aliphatic carbocycles. The van der Waals surface area contributed by atoms with Crippen LogP contribution < -0.4 is 10.6 Å². The topological polar surface area (TPSA) is 67.2 Å². The highest BCUT2D eigenvalue weighted by molar-refractivity contribution is 5.89. The molecule has 21 heavy (non-hydrogen) atoms. The number of aromatic nitrogens is 1. The fourth-order valence-corrected chi connectivity index (χ4v) is 1.80. The summed E-state index contributed by atoms with van der Waals surface area (Å²) in [4.78, 5) is 16.1. The first-order valence-corrected chi connectivity index (χ1v) is 7.05. The lowest BCUT2D eigenvalue weighted by Crippen LogP contribution is -2.31. The number of urea groups is 1. The summed E-state index contributed by atoms with van der Waals surface area (Å²) in [5, 5.41) is 5.62.